The number of hydrogen-bond acceptors (Lipinski definition) is 6. The molecule has 2 aromatic heterocycles. The highest BCUT2D eigenvalue weighted by atomic mass is 19.1. The fourth-order valence-corrected chi connectivity index (χ4v) is 3.95. The zero-order valence-corrected chi connectivity index (χ0v) is 14.2. The number of ether oxygens (including phenoxy) is 1. The predicted octanol–water partition coefficient (Wildman–Crippen LogP) is 2.33. The first-order valence-corrected chi connectivity index (χ1v) is 8.77. The average Bonchev–Trinajstić information content (AvgIpc) is 3.04. The van der Waals surface area contributed by atoms with Crippen LogP contribution in [0.15, 0.2) is 35.2 Å². The minimum atomic E-state index is -0.410. The molecule has 0 N–H and O–H groups in total. The molecule has 0 aromatic carbocycles. The molecule has 134 valence electrons. The van der Waals surface area contributed by atoms with Crippen LogP contribution < -0.4 is 4.90 Å². The molecule has 2 aliphatic heterocycles. The molecule has 25 heavy (non-hydrogen) atoms. The molecule has 0 saturated carbocycles. The number of likely N-dealkylation sites (tertiary alicyclic amines) is 1. The van der Waals surface area contributed by atoms with Crippen LogP contribution in [0, 0.1) is 11.2 Å². The summed E-state index contributed by atoms with van der Waals surface area (Å²) in [6.45, 7) is 5.77. The summed E-state index contributed by atoms with van der Waals surface area (Å²) in [4.78, 5) is 12.9. The van der Waals surface area contributed by atoms with Crippen LogP contribution in [-0.2, 0) is 11.3 Å². The molecular formula is C18H23FN4O2. The van der Waals surface area contributed by atoms with E-state index in [1.165, 1.54) is 12.4 Å². The Balaban J connectivity index is 1.49. The largest absolute Gasteiger partial charge is 0.468 e. The predicted molar refractivity (Wildman–Crippen MR) is 90.7 cm³/mol. The lowest BCUT2D eigenvalue weighted by molar-refractivity contribution is 0.00877. The van der Waals surface area contributed by atoms with E-state index in [1.54, 1.807) is 6.26 Å². The van der Waals surface area contributed by atoms with E-state index in [0.29, 0.717) is 12.6 Å². The summed E-state index contributed by atoms with van der Waals surface area (Å²) in [5.74, 6) is 1.16. The Hall–Kier alpha value is -1.99. The molecule has 2 aliphatic rings. The van der Waals surface area contributed by atoms with Crippen molar-refractivity contribution in [1.82, 2.24) is 14.9 Å². The molecule has 4 heterocycles. The van der Waals surface area contributed by atoms with Crippen molar-refractivity contribution < 1.29 is 13.5 Å². The van der Waals surface area contributed by atoms with Crippen molar-refractivity contribution in [2.24, 2.45) is 5.41 Å². The van der Waals surface area contributed by atoms with Crippen LogP contribution in [0.1, 0.15) is 18.6 Å². The molecule has 6 nitrogen and oxygen atoms in total. The van der Waals surface area contributed by atoms with E-state index < -0.39 is 5.82 Å². The maximum Gasteiger partial charge on any atom is 0.225 e. The van der Waals surface area contributed by atoms with Gasteiger partial charge in [0.15, 0.2) is 5.82 Å². The van der Waals surface area contributed by atoms with Crippen molar-refractivity contribution in [2.75, 3.05) is 44.3 Å². The van der Waals surface area contributed by atoms with Crippen LogP contribution in [0.5, 0.6) is 0 Å². The number of halogens is 1. The number of anilines is 1. The normalized spacial score (nSPS) is 25.2. The Morgan fingerprint density at radius 2 is 2.08 bits per heavy atom. The quantitative estimate of drug-likeness (QED) is 0.850. The summed E-state index contributed by atoms with van der Waals surface area (Å²) in [6, 6.07) is 3.95. The molecule has 0 aliphatic carbocycles. The van der Waals surface area contributed by atoms with Crippen molar-refractivity contribution in [3.63, 3.8) is 0 Å². The lowest BCUT2D eigenvalue weighted by Gasteiger charge is -2.43. The number of aromatic nitrogens is 2. The second kappa shape index (κ2) is 7.09. The van der Waals surface area contributed by atoms with Gasteiger partial charge in [0.2, 0.25) is 5.95 Å². The van der Waals surface area contributed by atoms with E-state index in [4.69, 9.17) is 9.15 Å². The fraction of sp³-hybridized carbons (Fsp3) is 0.556. The SMILES string of the molecule is Fc1cnc(N2CCOCC3(CCCN(Cc4ccco4)C3)C2)nc1. The standard InChI is InChI=1S/C18H23FN4O2/c19-15-9-20-17(21-10-15)23-6-8-24-14-18(13-23)4-2-5-22(12-18)11-16-3-1-7-25-16/h1,3,7,9-10H,2,4-6,8,11-14H2. The molecule has 1 unspecified atom stereocenters. The number of hydrogen-bond donors (Lipinski definition) is 0. The number of furan rings is 1. The van der Waals surface area contributed by atoms with Gasteiger partial charge in [-0.1, -0.05) is 0 Å². The van der Waals surface area contributed by atoms with Crippen LogP contribution in [0.3, 0.4) is 0 Å². The Bertz CT molecular complexity index is 679. The van der Waals surface area contributed by atoms with Crippen LogP contribution in [-0.4, -0.2) is 54.3 Å². The van der Waals surface area contributed by atoms with Crippen molar-refractivity contribution >= 4 is 5.95 Å². The number of rotatable bonds is 3. The molecule has 7 heteroatoms. The lowest BCUT2D eigenvalue weighted by Crippen LogP contribution is -2.50. The Kier molecular flexibility index (Phi) is 4.67. The van der Waals surface area contributed by atoms with Gasteiger partial charge in [0.05, 0.1) is 38.4 Å². The van der Waals surface area contributed by atoms with E-state index in [2.05, 4.69) is 19.8 Å². The maximum absolute atomic E-state index is 13.1. The fourth-order valence-electron chi connectivity index (χ4n) is 3.95. The van der Waals surface area contributed by atoms with Crippen LogP contribution in [0.4, 0.5) is 10.3 Å². The zero-order valence-electron chi connectivity index (χ0n) is 14.2. The summed E-state index contributed by atoms with van der Waals surface area (Å²) >= 11 is 0. The van der Waals surface area contributed by atoms with Crippen molar-refractivity contribution in [2.45, 2.75) is 19.4 Å². The van der Waals surface area contributed by atoms with Crippen LogP contribution >= 0.6 is 0 Å². The first-order valence-electron chi connectivity index (χ1n) is 8.77. The van der Waals surface area contributed by atoms with Gasteiger partial charge < -0.3 is 14.1 Å². The second-order valence-corrected chi connectivity index (χ2v) is 7.07. The van der Waals surface area contributed by atoms with Gasteiger partial charge in [-0.2, -0.15) is 0 Å². The Labute approximate surface area is 146 Å². The molecule has 4 rings (SSSR count). The molecule has 1 spiro atoms. The molecule has 0 radical (unpaired) electrons. The van der Waals surface area contributed by atoms with E-state index in [-0.39, 0.29) is 5.41 Å². The molecule has 2 saturated heterocycles. The van der Waals surface area contributed by atoms with Crippen molar-refractivity contribution in [1.29, 1.82) is 0 Å². The van der Waals surface area contributed by atoms with E-state index in [0.717, 1.165) is 57.9 Å². The monoisotopic (exact) mass is 346 g/mol. The highest BCUT2D eigenvalue weighted by Gasteiger charge is 2.39. The zero-order chi connectivity index (χ0) is 17.1. The lowest BCUT2D eigenvalue weighted by atomic mass is 9.80. The summed E-state index contributed by atoms with van der Waals surface area (Å²) in [7, 11) is 0. The van der Waals surface area contributed by atoms with Crippen molar-refractivity contribution in [3.8, 4) is 0 Å². The van der Waals surface area contributed by atoms with Gasteiger partial charge in [0, 0.05) is 25.0 Å². The van der Waals surface area contributed by atoms with Gasteiger partial charge in [-0.25, -0.2) is 14.4 Å². The summed E-state index contributed by atoms with van der Waals surface area (Å²) in [5, 5.41) is 0. The number of nitrogens with zero attached hydrogens (tertiary/aromatic N) is 4. The third-order valence-electron chi connectivity index (χ3n) is 5.03. The van der Waals surface area contributed by atoms with Gasteiger partial charge in [0.1, 0.15) is 5.76 Å². The maximum atomic E-state index is 13.1. The molecule has 1 atom stereocenters. The van der Waals surface area contributed by atoms with Gasteiger partial charge >= 0.3 is 0 Å². The minimum Gasteiger partial charge on any atom is -0.468 e. The molecule has 2 fully saturated rings. The summed E-state index contributed by atoms with van der Waals surface area (Å²) in [6.07, 6.45) is 6.41. The van der Waals surface area contributed by atoms with Gasteiger partial charge in [-0.15, -0.1) is 0 Å². The molecular weight excluding hydrogens is 323 g/mol. The summed E-state index contributed by atoms with van der Waals surface area (Å²) in [5.41, 5.74) is 0.0408. The second-order valence-electron chi connectivity index (χ2n) is 7.07. The van der Waals surface area contributed by atoms with Gasteiger partial charge in [-0.05, 0) is 31.5 Å². The minimum absolute atomic E-state index is 0.0408. The van der Waals surface area contributed by atoms with E-state index in [1.807, 2.05) is 12.1 Å². The smallest absolute Gasteiger partial charge is 0.225 e. The summed E-state index contributed by atoms with van der Waals surface area (Å²) < 4.78 is 24.6. The van der Waals surface area contributed by atoms with E-state index >= 15 is 0 Å². The van der Waals surface area contributed by atoms with Crippen LogP contribution in [0.25, 0.3) is 0 Å². The van der Waals surface area contributed by atoms with Gasteiger partial charge in [0.25, 0.3) is 0 Å². The average molecular weight is 346 g/mol. The molecule has 2 aromatic rings. The highest BCUT2D eigenvalue weighted by molar-refractivity contribution is 5.30. The van der Waals surface area contributed by atoms with Gasteiger partial charge in [-0.3, -0.25) is 4.90 Å². The third-order valence-corrected chi connectivity index (χ3v) is 5.03. The molecule has 0 amide bonds. The topological polar surface area (TPSA) is 54.6 Å². The highest BCUT2D eigenvalue weighted by Crippen LogP contribution is 2.34. The Morgan fingerprint density at radius 3 is 2.88 bits per heavy atom. The first-order chi connectivity index (χ1) is 12.2. The van der Waals surface area contributed by atoms with Crippen molar-refractivity contribution in [3.05, 3.63) is 42.4 Å². The third kappa shape index (κ3) is 3.82. The van der Waals surface area contributed by atoms with E-state index in [9.17, 15) is 4.39 Å². The number of piperidine rings is 1. The Morgan fingerprint density at radius 1 is 1.20 bits per heavy atom. The first kappa shape index (κ1) is 16.5. The van der Waals surface area contributed by atoms with Crippen LogP contribution in [0.2, 0.25) is 0 Å². The molecule has 0 bridgehead atoms.